The van der Waals surface area contributed by atoms with E-state index in [0.29, 0.717) is 6.54 Å². The van der Waals surface area contributed by atoms with E-state index in [0.717, 1.165) is 29.2 Å². The maximum Gasteiger partial charge on any atom is 0.160 e. The molecule has 0 unspecified atom stereocenters. The molecule has 23 heavy (non-hydrogen) atoms. The molecule has 4 heteroatoms. The molecule has 0 bridgehead atoms. The Morgan fingerprint density at radius 1 is 1.04 bits per heavy atom. The third-order valence-corrected chi connectivity index (χ3v) is 3.96. The first-order valence-corrected chi connectivity index (χ1v) is 7.67. The van der Waals surface area contributed by atoms with Crippen molar-refractivity contribution in [2.24, 2.45) is 0 Å². The molecule has 0 fully saturated rings. The van der Waals surface area contributed by atoms with Crippen LogP contribution in [0.5, 0.6) is 0 Å². The summed E-state index contributed by atoms with van der Waals surface area (Å²) in [4.78, 5) is 9.27. The molecule has 1 aromatic carbocycles. The predicted octanol–water partition coefficient (Wildman–Crippen LogP) is 3.97. The highest BCUT2D eigenvalue weighted by molar-refractivity contribution is 5.71. The van der Waals surface area contributed by atoms with Gasteiger partial charge in [-0.3, -0.25) is 0 Å². The van der Waals surface area contributed by atoms with Gasteiger partial charge in [-0.1, -0.05) is 29.8 Å². The van der Waals surface area contributed by atoms with Gasteiger partial charge in [0.05, 0.1) is 12.8 Å². The first-order chi connectivity index (χ1) is 11.3. The Labute approximate surface area is 134 Å². The number of hydrogen-bond donors (Lipinski definition) is 0. The molecule has 0 aliphatic heterocycles. The fraction of sp³-hybridized carbons (Fsp3) is 0.158. The molecule has 4 aromatic rings. The number of hydrogen-bond acceptors (Lipinski definition) is 3. The summed E-state index contributed by atoms with van der Waals surface area (Å²) in [5.41, 5.74) is 4.32. The van der Waals surface area contributed by atoms with Crippen LogP contribution in [0.2, 0.25) is 0 Å². The van der Waals surface area contributed by atoms with E-state index in [-0.39, 0.29) is 0 Å². The summed E-state index contributed by atoms with van der Waals surface area (Å²) in [6, 6.07) is 16.4. The van der Waals surface area contributed by atoms with Gasteiger partial charge in [-0.2, -0.15) is 0 Å². The molecule has 3 heterocycles. The average Bonchev–Trinajstić information content (AvgIpc) is 3.19. The fourth-order valence-electron chi connectivity index (χ4n) is 2.75. The second kappa shape index (κ2) is 5.72. The maximum absolute atomic E-state index is 5.50. The molecule has 0 N–H and O–H groups in total. The molecule has 0 amide bonds. The van der Waals surface area contributed by atoms with Crippen molar-refractivity contribution < 1.29 is 4.42 Å². The van der Waals surface area contributed by atoms with Crippen LogP contribution in [-0.2, 0) is 13.0 Å². The van der Waals surface area contributed by atoms with Crippen molar-refractivity contribution in [1.82, 2.24) is 14.5 Å². The molecule has 4 rings (SSSR count). The van der Waals surface area contributed by atoms with E-state index in [2.05, 4.69) is 40.7 Å². The number of rotatable bonds is 4. The Balaban J connectivity index is 1.76. The lowest BCUT2D eigenvalue weighted by Gasteiger charge is -2.07. The number of imidazole rings is 1. The fourth-order valence-corrected chi connectivity index (χ4v) is 2.75. The van der Waals surface area contributed by atoms with Gasteiger partial charge < -0.3 is 8.98 Å². The molecule has 0 saturated carbocycles. The summed E-state index contributed by atoms with van der Waals surface area (Å²) in [6.45, 7) is 2.74. The summed E-state index contributed by atoms with van der Waals surface area (Å²) in [5.74, 6) is 1.90. The second-order valence-corrected chi connectivity index (χ2v) is 5.70. The Morgan fingerprint density at radius 3 is 2.70 bits per heavy atom. The quantitative estimate of drug-likeness (QED) is 0.573. The third kappa shape index (κ3) is 2.75. The van der Waals surface area contributed by atoms with E-state index in [1.54, 1.807) is 12.5 Å². The number of fused-ring (bicyclic) bond motifs is 1. The van der Waals surface area contributed by atoms with Gasteiger partial charge in [0.1, 0.15) is 17.1 Å². The standard InChI is InChI=1S/C19H17N3O/c1-14-6-8-15(9-7-14)12-18-21-17-5-2-10-20-19(17)22(18)13-16-4-3-11-23-16/h2-11H,12-13H2,1H3. The van der Waals surface area contributed by atoms with Crippen molar-refractivity contribution in [2.45, 2.75) is 19.9 Å². The van der Waals surface area contributed by atoms with E-state index in [1.165, 1.54) is 11.1 Å². The molecule has 114 valence electrons. The highest BCUT2D eigenvalue weighted by Gasteiger charge is 2.13. The number of furan rings is 1. The average molecular weight is 303 g/mol. The lowest BCUT2D eigenvalue weighted by Crippen LogP contribution is -2.06. The monoisotopic (exact) mass is 303 g/mol. The second-order valence-electron chi connectivity index (χ2n) is 5.70. The van der Waals surface area contributed by atoms with Gasteiger partial charge in [-0.15, -0.1) is 0 Å². The molecule has 3 aromatic heterocycles. The Hall–Kier alpha value is -2.88. The molecular weight excluding hydrogens is 286 g/mol. The molecule has 0 aliphatic carbocycles. The van der Waals surface area contributed by atoms with E-state index in [1.807, 2.05) is 24.3 Å². The van der Waals surface area contributed by atoms with Crippen molar-refractivity contribution in [3.05, 3.63) is 83.7 Å². The van der Waals surface area contributed by atoms with Crippen LogP contribution >= 0.6 is 0 Å². The van der Waals surface area contributed by atoms with Crippen molar-refractivity contribution in [1.29, 1.82) is 0 Å². The number of aromatic nitrogens is 3. The Bertz CT molecular complexity index is 921. The van der Waals surface area contributed by atoms with Gasteiger partial charge in [0.25, 0.3) is 0 Å². The largest absolute Gasteiger partial charge is 0.467 e. The van der Waals surface area contributed by atoms with E-state index in [4.69, 9.17) is 9.40 Å². The van der Waals surface area contributed by atoms with Crippen LogP contribution in [0.15, 0.2) is 65.4 Å². The van der Waals surface area contributed by atoms with Crippen LogP contribution in [0.3, 0.4) is 0 Å². The summed E-state index contributed by atoms with van der Waals surface area (Å²) in [5, 5.41) is 0. The number of aryl methyl sites for hydroxylation is 1. The van der Waals surface area contributed by atoms with Gasteiger partial charge in [0.15, 0.2) is 5.65 Å². The van der Waals surface area contributed by atoms with Crippen molar-refractivity contribution >= 4 is 11.2 Å². The first-order valence-electron chi connectivity index (χ1n) is 7.67. The predicted molar refractivity (Wildman–Crippen MR) is 89.3 cm³/mol. The zero-order valence-electron chi connectivity index (χ0n) is 12.9. The first kappa shape index (κ1) is 13.8. The lowest BCUT2D eigenvalue weighted by molar-refractivity contribution is 0.492. The summed E-state index contributed by atoms with van der Waals surface area (Å²) in [6.07, 6.45) is 4.27. The van der Waals surface area contributed by atoms with Crippen LogP contribution < -0.4 is 0 Å². The minimum atomic E-state index is 0.641. The van der Waals surface area contributed by atoms with Crippen LogP contribution in [0.25, 0.3) is 11.2 Å². The minimum absolute atomic E-state index is 0.641. The SMILES string of the molecule is Cc1ccc(Cc2nc3cccnc3n2Cc2ccco2)cc1. The summed E-state index contributed by atoms with van der Waals surface area (Å²) in [7, 11) is 0. The topological polar surface area (TPSA) is 43.9 Å². The van der Waals surface area contributed by atoms with E-state index < -0.39 is 0 Å². The van der Waals surface area contributed by atoms with Crippen molar-refractivity contribution in [2.75, 3.05) is 0 Å². The zero-order chi connectivity index (χ0) is 15.6. The maximum atomic E-state index is 5.50. The van der Waals surface area contributed by atoms with Crippen LogP contribution in [-0.4, -0.2) is 14.5 Å². The number of nitrogens with zero attached hydrogens (tertiary/aromatic N) is 3. The Kier molecular flexibility index (Phi) is 3.42. The van der Waals surface area contributed by atoms with E-state index >= 15 is 0 Å². The van der Waals surface area contributed by atoms with Gasteiger partial charge in [0, 0.05) is 12.6 Å². The van der Waals surface area contributed by atoms with Gasteiger partial charge >= 0.3 is 0 Å². The van der Waals surface area contributed by atoms with E-state index in [9.17, 15) is 0 Å². The number of pyridine rings is 1. The summed E-state index contributed by atoms with van der Waals surface area (Å²) >= 11 is 0. The minimum Gasteiger partial charge on any atom is -0.467 e. The molecule has 0 saturated heterocycles. The lowest BCUT2D eigenvalue weighted by atomic mass is 10.1. The zero-order valence-corrected chi connectivity index (χ0v) is 12.9. The van der Waals surface area contributed by atoms with Gasteiger partial charge in [-0.05, 0) is 36.8 Å². The highest BCUT2D eigenvalue weighted by Crippen LogP contribution is 2.19. The van der Waals surface area contributed by atoms with Gasteiger partial charge in [-0.25, -0.2) is 9.97 Å². The Morgan fingerprint density at radius 2 is 1.91 bits per heavy atom. The molecular formula is C19H17N3O. The molecule has 0 aliphatic rings. The summed E-state index contributed by atoms with van der Waals surface area (Å²) < 4.78 is 7.63. The molecule has 0 radical (unpaired) electrons. The normalized spacial score (nSPS) is 11.2. The van der Waals surface area contributed by atoms with Crippen LogP contribution in [0.4, 0.5) is 0 Å². The molecule has 0 spiro atoms. The molecule has 4 nitrogen and oxygen atoms in total. The van der Waals surface area contributed by atoms with Gasteiger partial charge in [0.2, 0.25) is 0 Å². The highest BCUT2D eigenvalue weighted by atomic mass is 16.3. The smallest absolute Gasteiger partial charge is 0.160 e. The third-order valence-electron chi connectivity index (χ3n) is 3.96. The molecule has 0 atom stereocenters. The van der Waals surface area contributed by atoms with Crippen LogP contribution in [0.1, 0.15) is 22.7 Å². The van der Waals surface area contributed by atoms with Crippen molar-refractivity contribution in [3.8, 4) is 0 Å². The van der Waals surface area contributed by atoms with Crippen LogP contribution in [0, 0.1) is 6.92 Å². The van der Waals surface area contributed by atoms with Crippen molar-refractivity contribution in [3.63, 3.8) is 0 Å². The number of benzene rings is 1.